The van der Waals surface area contributed by atoms with Gasteiger partial charge in [0.2, 0.25) is 5.82 Å². The Morgan fingerprint density at radius 2 is 1.73 bits per heavy atom. The minimum atomic E-state index is -0.941. The first-order chi connectivity index (χ1) is 12.5. The van der Waals surface area contributed by atoms with Crippen LogP contribution in [-0.4, -0.2) is 6.61 Å². The molecule has 1 nitrogen and oxygen atoms in total. The summed E-state index contributed by atoms with van der Waals surface area (Å²) in [5.74, 6) is -2.09. The van der Waals surface area contributed by atoms with E-state index in [1.54, 1.807) is 32.0 Å². The van der Waals surface area contributed by atoms with Gasteiger partial charge in [0.25, 0.3) is 0 Å². The highest BCUT2D eigenvalue weighted by Crippen LogP contribution is 2.34. The third kappa shape index (κ3) is 3.79. The first kappa shape index (κ1) is 18.6. The van der Waals surface area contributed by atoms with E-state index in [-0.39, 0.29) is 18.2 Å². The van der Waals surface area contributed by atoms with Crippen molar-refractivity contribution in [1.29, 1.82) is 0 Å². The van der Waals surface area contributed by atoms with Crippen molar-refractivity contribution in [2.75, 3.05) is 6.61 Å². The zero-order chi connectivity index (χ0) is 18.7. The van der Waals surface area contributed by atoms with Gasteiger partial charge in [-0.1, -0.05) is 25.1 Å². The maximum atomic E-state index is 14.2. The van der Waals surface area contributed by atoms with Gasteiger partial charge in [0.1, 0.15) is 12.4 Å². The number of aryl methyl sites for hydroxylation is 2. The zero-order valence-electron chi connectivity index (χ0n) is 15.2. The molecule has 0 fully saturated rings. The minimum Gasteiger partial charge on any atom is -0.486 e. The molecule has 1 aliphatic rings. The number of hydrogen-bond donors (Lipinski definition) is 0. The minimum absolute atomic E-state index is 0.0767. The molecular weight excluding hydrogens is 337 g/mol. The van der Waals surface area contributed by atoms with Gasteiger partial charge in [0, 0.05) is 0 Å². The third-order valence-corrected chi connectivity index (χ3v) is 5.01. The van der Waals surface area contributed by atoms with Crippen LogP contribution in [0.3, 0.4) is 0 Å². The largest absolute Gasteiger partial charge is 0.486 e. The number of rotatable bonds is 5. The maximum Gasteiger partial charge on any atom is 0.200 e. The van der Waals surface area contributed by atoms with Crippen LogP contribution < -0.4 is 4.74 Å². The van der Waals surface area contributed by atoms with Crippen LogP contribution >= 0.6 is 0 Å². The van der Waals surface area contributed by atoms with Gasteiger partial charge in [-0.25, -0.2) is 8.78 Å². The summed E-state index contributed by atoms with van der Waals surface area (Å²) in [6.07, 6.45) is 4.14. The van der Waals surface area contributed by atoms with Crippen molar-refractivity contribution in [1.82, 2.24) is 0 Å². The van der Waals surface area contributed by atoms with Crippen molar-refractivity contribution in [3.63, 3.8) is 0 Å². The summed E-state index contributed by atoms with van der Waals surface area (Å²) in [6, 6.07) is 8.26. The molecule has 0 aromatic heterocycles. The van der Waals surface area contributed by atoms with Gasteiger partial charge in [-0.15, -0.1) is 0 Å². The molecule has 4 heteroatoms. The normalized spacial score (nSPS) is 14.7. The molecule has 0 unspecified atom stereocenters. The molecule has 0 amide bonds. The zero-order valence-corrected chi connectivity index (χ0v) is 15.2. The van der Waals surface area contributed by atoms with Crippen molar-refractivity contribution < 1.29 is 17.9 Å². The Bertz CT molecular complexity index is 840. The van der Waals surface area contributed by atoms with E-state index in [2.05, 4.69) is 0 Å². The van der Waals surface area contributed by atoms with E-state index in [1.165, 1.54) is 6.07 Å². The Labute approximate surface area is 152 Å². The highest BCUT2D eigenvalue weighted by atomic mass is 19.2. The Morgan fingerprint density at radius 3 is 2.46 bits per heavy atom. The molecule has 0 spiro atoms. The highest BCUT2D eigenvalue weighted by molar-refractivity contribution is 5.70. The average molecular weight is 360 g/mol. The molecule has 0 heterocycles. The fourth-order valence-corrected chi connectivity index (χ4v) is 3.38. The van der Waals surface area contributed by atoms with Crippen LogP contribution in [0.2, 0.25) is 0 Å². The Hall–Kier alpha value is -2.23. The average Bonchev–Trinajstić information content (AvgIpc) is 2.65. The molecule has 0 saturated heterocycles. The van der Waals surface area contributed by atoms with Crippen LogP contribution in [0.25, 0.3) is 5.57 Å². The van der Waals surface area contributed by atoms with Gasteiger partial charge in [0.05, 0.1) is 0 Å². The molecule has 3 rings (SSSR count). The SMILES string of the molecule is CCc1ccc(OCC2=C(c3ccc(C)c(F)c3)CCCC2)c(F)c1F. The predicted molar refractivity (Wildman–Crippen MR) is 97.8 cm³/mol. The van der Waals surface area contributed by atoms with E-state index in [9.17, 15) is 13.2 Å². The molecule has 2 aromatic rings. The fourth-order valence-electron chi connectivity index (χ4n) is 3.38. The second kappa shape index (κ2) is 7.98. The topological polar surface area (TPSA) is 9.23 Å². The Balaban J connectivity index is 1.85. The molecule has 0 radical (unpaired) electrons. The lowest BCUT2D eigenvalue weighted by atomic mass is 9.87. The van der Waals surface area contributed by atoms with Gasteiger partial charge in [0.15, 0.2) is 11.6 Å². The molecule has 0 saturated carbocycles. The van der Waals surface area contributed by atoms with E-state index >= 15 is 0 Å². The molecule has 0 bridgehead atoms. The lowest BCUT2D eigenvalue weighted by Crippen LogP contribution is -2.10. The number of allylic oxidation sites excluding steroid dienone is 1. The third-order valence-electron chi connectivity index (χ3n) is 5.01. The van der Waals surface area contributed by atoms with Crippen molar-refractivity contribution in [2.24, 2.45) is 0 Å². The van der Waals surface area contributed by atoms with Crippen LogP contribution in [0, 0.1) is 24.4 Å². The summed E-state index contributed by atoms with van der Waals surface area (Å²) in [6.45, 7) is 3.69. The van der Waals surface area contributed by atoms with Gasteiger partial charge in [-0.2, -0.15) is 4.39 Å². The van der Waals surface area contributed by atoms with Crippen molar-refractivity contribution in [3.8, 4) is 5.75 Å². The monoisotopic (exact) mass is 360 g/mol. The van der Waals surface area contributed by atoms with Crippen LogP contribution in [0.1, 0.15) is 49.3 Å². The van der Waals surface area contributed by atoms with Crippen LogP contribution in [0.15, 0.2) is 35.9 Å². The van der Waals surface area contributed by atoms with Gasteiger partial charge >= 0.3 is 0 Å². The smallest absolute Gasteiger partial charge is 0.200 e. The molecular formula is C22H23F3O. The summed E-state index contributed by atoms with van der Waals surface area (Å²) < 4.78 is 47.6. The Kier molecular flexibility index (Phi) is 5.70. The molecule has 0 atom stereocenters. The second-order valence-corrected chi connectivity index (χ2v) is 6.75. The number of benzene rings is 2. The van der Waals surface area contributed by atoms with Crippen LogP contribution in [0.5, 0.6) is 5.75 Å². The van der Waals surface area contributed by atoms with E-state index in [1.807, 2.05) is 6.07 Å². The van der Waals surface area contributed by atoms with Gasteiger partial charge < -0.3 is 4.74 Å². The summed E-state index contributed by atoms with van der Waals surface area (Å²) in [5, 5.41) is 0. The van der Waals surface area contributed by atoms with Crippen molar-refractivity contribution in [3.05, 3.63) is 70.0 Å². The van der Waals surface area contributed by atoms with E-state index in [4.69, 9.17) is 4.74 Å². The van der Waals surface area contributed by atoms with E-state index in [0.29, 0.717) is 17.5 Å². The molecule has 1 aliphatic carbocycles. The van der Waals surface area contributed by atoms with Gasteiger partial charge in [-0.05, 0) is 79.0 Å². The fraction of sp³-hybridized carbons (Fsp3) is 0.364. The first-order valence-corrected chi connectivity index (χ1v) is 9.08. The summed E-state index contributed by atoms with van der Waals surface area (Å²) in [5.41, 5.74) is 3.87. The van der Waals surface area contributed by atoms with E-state index in [0.717, 1.165) is 42.4 Å². The summed E-state index contributed by atoms with van der Waals surface area (Å²) in [7, 11) is 0. The summed E-state index contributed by atoms with van der Waals surface area (Å²) in [4.78, 5) is 0. The molecule has 138 valence electrons. The number of ether oxygens (including phenoxy) is 1. The summed E-state index contributed by atoms with van der Waals surface area (Å²) >= 11 is 0. The number of hydrogen-bond acceptors (Lipinski definition) is 1. The second-order valence-electron chi connectivity index (χ2n) is 6.75. The van der Waals surface area contributed by atoms with Crippen LogP contribution in [0.4, 0.5) is 13.2 Å². The molecule has 2 aromatic carbocycles. The lowest BCUT2D eigenvalue weighted by molar-refractivity contribution is 0.317. The molecule has 0 aliphatic heterocycles. The molecule has 26 heavy (non-hydrogen) atoms. The quantitative estimate of drug-likeness (QED) is 0.601. The standard InChI is InChI=1S/C22H23F3O/c1-3-15-10-11-20(22(25)21(15)24)26-13-17-6-4-5-7-18(17)16-9-8-14(2)19(23)12-16/h8-12H,3-7,13H2,1-2H3. The van der Waals surface area contributed by atoms with Crippen molar-refractivity contribution >= 4 is 5.57 Å². The predicted octanol–water partition coefficient (Wildman–Crippen LogP) is 6.38. The first-order valence-electron chi connectivity index (χ1n) is 9.08. The van der Waals surface area contributed by atoms with Crippen molar-refractivity contribution in [2.45, 2.75) is 46.0 Å². The maximum absolute atomic E-state index is 14.2. The van der Waals surface area contributed by atoms with Gasteiger partial charge in [-0.3, -0.25) is 0 Å². The van der Waals surface area contributed by atoms with Crippen LogP contribution in [-0.2, 0) is 6.42 Å². The number of halogens is 3. The highest BCUT2D eigenvalue weighted by Gasteiger charge is 2.18. The lowest BCUT2D eigenvalue weighted by Gasteiger charge is -2.22. The van der Waals surface area contributed by atoms with E-state index < -0.39 is 11.6 Å². The Morgan fingerprint density at radius 1 is 0.962 bits per heavy atom. The molecule has 0 N–H and O–H groups in total.